The number of nitro groups is 1. The lowest BCUT2D eigenvalue weighted by molar-refractivity contribution is -0.387. The summed E-state index contributed by atoms with van der Waals surface area (Å²) in [6.07, 6.45) is -1.40. The smallest absolute Gasteiger partial charge is 0.340 e. The molecular formula is C16H13ClFN3O7S. The van der Waals surface area contributed by atoms with Gasteiger partial charge in [-0.3, -0.25) is 14.9 Å². The molecule has 2 rings (SSSR count). The van der Waals surface area contributed by atoms with Gasteiger partial charge in [0, 0.05) is 11.8 Å². The molecule has 1 atom stereocenters. The van der Waals surface area contributed by atoms with Crippen molar-refractivity contribution < 1.29 is 32.1 Å². The van der Waals surface area contributed by atoms with Crippen molar-refractivity contribution in [3.8, 4) is 0 Å². The molecule has 0 saturated carbocycles. The van der Waals surface area contributed by atoms with Crippen molar-refractivity contribution in [1.82, 2.24) is 0 Å². The Bertz CT molecular complexity index is 1110. The maximum Gasteiger partial charge on any atom is 0.340 e. The topological polar surface area (TPSA) is 159 Å². The van der Waals surface area contributed by atoms with Crippen LogP contribution in [0.1, 0.15) is 17.3 Å². The molecule has 0 bridgehead atoms. The van der Waals surface area contributed by atoms with Crippen LogP contribution in [0.4, 0.5) is 15.8 Å². The van der Waals surface area contributed by atoms with E-state index in [1.807, 2.05) is 0 Å². The maximum atomic E-state index is 13.3. The minimum atomic E-state index is -4.11. The summed E-state index contributed by atoms with van der Waals surface area (Å²) in [4.78, 5) is 33.8. The molecule has 0 spiro atoms. The number of esters is 1. The summed E-state index contributed by atoms with van der Waals surface area (Å²) < 4.78 is 41.1. The Morgan fingerprint density at radius 1 is 1.28 bits per heavy atom. The number of anilines is 1. The van der Waals surface area contributed by atoms with E-state index in [-0.39, 0.29) is 21.2 Å². The van der Waals surface area contributed by atoms with Crippen LogP contribution in [0.25, 0.3) is 0 Å². The van der Waals surface area contributed by atoms with Crippen LogP contribution in [0.15, 0.2) is 41.3 Å². The monoisotopic (exact) mass is 445 g/mol. The molecular weight excluding hydrogens is 433 g/mol. The van der Waals surface area contributed by atoms with Crippen LogP contribution < -0.4 is 10.5 Å². The number of nitro benzene ring substituents is 1. The van der Waals surface area contributed by atoms with Crippen molar-refractivity contribution in [2.45, 2.75) is 17.9 Å². The number of nitrogens with two attached hydrogens (primary N) is 1. The van der Waals surface area contributed by atoms with Gasteiger partial charge in [0.05, 0.1) is 20.4 Å². The van der Waals surface area contributed by atoms with Gasteiger partial charge >= 0.3 is 11.7 Å². The number of amides is 1. The molecule has 0 saturated heterocycles. The second-order valence-corrected chi connectivity index (χ2v) is 7.62. The highest BCUT2D eigenvalue weighted by Crippen LogP contribution is 2.23. The van der Waals surface area contributed by atoms with Gasteiger partial charge in [0.2, 0.25) is 15.8 Å². The van der Waals surface area contributed by atoms with Crippen LogP contribution in [-0.4, -0.2) is 31.3 Å². The number of rotatable bonds is 6. The van der Waals surface area contributed by atoms with Gasteiger partial charge in [0.1, 0.15) is 0 Å². The molecule has 0 aliphatic rings. The van der Waals surface area contributed by atoms with Crippen molar-refractivity contribution >= 4 is 44.9 Å². The first-order valence-corrected chi connectivity index (χ1v) is 9.60. The summed E-state index contributed by atoms with van der Waals surface area (Å²) in [7, 11) is -4.11. The fourth-order valence-electron chi connectivity index (χ4n) is 2.09. The van der Waals surface area contributed by atoms with E-state index in [1.165, 1.54) is 6.92 Å². The quantitative estimate of drug-likeness (QED) is 0.391. The Balaban J connectivity index is 2.15. The third-order valence-corrected chi connectivity index (χ3v) is 4.79. The average Bonchev–Trinajstić information content (AvgIpc) is 2.62. The molecule has 0 fully saturated rings. The van der Waals surface area contributed by atoms with Crippen LogP contribution in [0.2, 0.25) is 5.02 Å². The number of hydrogen-bond donors (Lipinski definition) is 2. The first kappa shape index (κ1) is 22.2. The molecule has 29 heavy (non-hydrogen) atoms. The highest BCUT2D eigenvalue weighted by atomic mass is 35.5. The summed E-state index contributed by atoms with van der Waals surface area (Å²) in [6.45, 7) is 1.20. The number of carbonyl (C=O) groups excluding carboxylic acids is 2. The molecule has 0 heterocycles. The molecule has 10 nitrogen and oxygen atoms in total. The second-order valence-electron chi connectivity index (χ2n) is 5.65. The van der Waals surface area contributed by atoms with Gasteiger partial charge in [-0.2, -0.15) is 4.39 Å². The first-order valence-electron chi connectivity index (χ1n) is 7.68. The largest absolute Gasteiger partial charge is 0.449 e. The lowest BCUT2D eigenvalue weighted by atomic mass is 10.2. The predicted molar refractivity (Wildman–Crippen MR) is 99.4 cm³/mol. The molecule has 1 unspecified atom stereocenters. The van der Waals surface area contributed by atoms with Gasteiger partial charge in [-0.1, -0.05) is 11.6 Å². The summed E-state index contributed by atoms with van der Waals surface area (Å²) in [5.74, 6) is -3.07. The Labute approximate surface area is 168 Å². The molecule has 13 heteroatoms. The summed E-state index contributed by atoms with van der Waals surface area (Å²) in [5, 5.41) is 17.8. The molecule has 3 N–H and O–H groups in total. The van der Waals surface area contributed by atoms with Crippen LogP contribution in [-0.2, 0) is 19.6 Å². The summed E-state index contributed by atoms with van der Waals surface area (Å²) >= 11 is 5.86. The standard InChI is InChI=1S/C16H13ClFN3O7S/c1-8(15(22)20-9-2-5-13(18)14(6-9)21(24)25)28-16(23)11-7-10(29(19,26)27)3-4-12(11)17/h2-8H,1H3,(H,20,22)(H2,19,26,27). The zero-order chi connectivity index (χ0) is 21.9. The molecule has 0 aliphatic heterocycles. The lowest BCUT2D eigenvalue weighted by Gasteiger charge is -2.14. The Kier molecular flexibility index (Phi) is 6.51. The van der Waals surface area contributed by atoms with Crippen LogP contribution in [0, 0.1) is 15.9 Å². The van der Waals surface area contributed by atoms with Gasteiger partial charge in [-0.25, -0.2) is 18.4 Å². The van der Waals surface area contributed by atoms with Crippen LogP contribution >= 0.6 is 11.6 Å². The van der Waals surface area contributed by atoms with E-state index in [0.29, 0.717) is 0 Å². The third-order valence-electron chi connectivity index (χ3n) is 3.55. The number of carbonyl (C=O) groups is 2. The zero-order valence-corrected chi connectivity index (χ0v) is 16.2. The SMILES string of the molecule is CC(OC(=O)c1cc(S(N)(=O)=O)ccc1Cl)C(=O)Nc1ccc(F)c([N+](=O)[O-])c1. The van der Waals surface area contributed by atoms with Gasteiger partial charge in [-0.05, 0) is 37.3 Å². The zero-order valence-electron chi connectivity index (χ0n) is 14.6. The number of nitrogens with one attached hydrogen (secondary N) is 1. The molecule has 2 aromatic rings. The van der Waals surface area contributed by atoms with E-state index >= 15 is 0 Å². The second kappa shape index (κ2) is 8.51. The number of ether oxygens (including phenoxy) is 1. The van der Waals surface area contributed by atoms with Crippen LogP contribution in [0.5, 0.6) is 0 Å². The van der Waals surface area contributed by atoms with Crippen molar-refractivity contribution in [1.29, 1.82) is 0 Å². The van der Waals surface area contributed by atoms with E-state index in [9.17, 15) is 32.5 Å². The van der Waals surface area contributed by atoms with Crippen molar-refractivity contribution in [2.24, 2.45) is 5.14 Å². The number of benzene rings is 2. The van der Waals surface area contributed by atoms with Crippen LogP contribution in [0.3, 0.4) is 0 Å². The number of nitrogens with zero attached hydrogens (tertiary/aromatic N) is 1. The molecule has 154 valence electrons. The van der Waals surface area contributed by atoms with Gasteiger partial charge in [-0.15, -0.1) is 0 Å². The van der Waals surface area contributed by atoms with Crippen molar-refractivity contribution in [3.05, 3.63) is 62.9 Å². The van der Waals surface area contributed by atoms with Crippen molar-refractivity contribution in [2.75, 3.05) is 5.32 Å². The third kappa shape index (κ3) is 5.47. The van der Waals surface area contributed by atoms with E-state index in [2.05, 4.69) is 5.32 Å². The summed E-state index contributed by atoms with van der Waals surface area (Å²) in [6, 6.07) is 5.79. The molecule has 2 aromatic carbocycles. The van der Waals surface area contributed by atoms with Crippen molar-refractivity contribution in [3.63, 3.8) is 0 Å². The van der Waals surface area contributed by atoms with E-state index in [0.717, 1.165) is 36.4 Å². The fourth-order valence-corrected chi connectivity index (χ4v) is 2.82. The minimum absolute atomic E-state index is 0.0970. The normalized spacial score (nSPS) is 12.1. The number of hydrogen-bond acceptors (Lipinski definition) is 7. The van der Waals surface area contributed by atoms with Gasteiger partial charge < -0.3 is 10.1 Å². The minimum Gasteiger partial charge on any atom is -0.449 e. The Hall–Kier alpha value is -3.09. The summed E-state index contributed by atoms with van der Waals surface area (Å²) in [5.41, 5.74) is -1.28. The first-order chi connectivity index (χ1) is 13.4. The Morgan fingerprint density at radius 2 is 1.93 bits per heavy atom. The van der Waals surface area contributed by atoms with Gasteiger partial charge in [0.25, 0.3) is 5.91 Å². The molecule has 0 aromatic heterocycles. The number of halogens is 2. The lowest BCUT2D eigenvalue weighted by Crippen LogP contribution is -2.30. The molecule has 0 aliphatic carbocycles. The average molecular weight is 446 g/mol. The predicted octanol–water partition coefficient (Wildman–Crippen LogP) is 2.22. The molecule has 1 amide bonds. The molecule has 0 radical (unpaired) electrons. The van der Waals surface area contributed by atoms with E-state index in [1.54, 1.807) is 0 Å². The van der Waals surface area contributed by atoms with E-state index in [4.69, 9.17) is 21.5 Å². The maximum absolute atomic E-state index is 13.3. The highest BCUT2D eigenvalue weighted by Gasteiger charge is 2.23. The van der Waals surface area contributed by atoms with Gasteiger partial charge in [0.15, 0.2) is 6.10 Å². The fraction of sp³-hybridized carbons (Fsp3) is 0.125. The van der Waals surface area contributed by atoms with E-state index < -0.39 is 44.4 Å². The number of sulfonamides is 1. The Morgan fingerprint density at radius 3 is 2.52 bits per heavy atom. The highest BCUT2D eigenvalue weighted by molar-refractivity contribution is 7.89. The number of primary sulfonamides is 1.